The molecular formula is C13H18N4O4. The molecule has 114 valence electrons. The molecule has 2 atom stereocenters. The molecule has 1 aliphatic rings. The van der Waals surface area contributed by atoms with Gasteiger partial charge in [-0.15, -0.1) is 0 Å². The third-order valence-electron chi connectivity index (χ3n) is 3.36. The number of ether oxygens (including phenoxy) is 1. The predicted octanol–water partition coefficient (Wildman–Crippen LogP) is -0.602. The summed E-state index contributed by atoms with van der Waals surface area (Å²) in [6.45, 7) is 2.43. The number of rotatable bonds is 3. The lowest BCUT2D eigenvalue weighted by Crippen LogP contribution is -2.52. The lowest BCUT2D eigenvalue weighted by molar-refractivity contribution is -0.0668. The number of oxime groups is 1. The summed E-state index contributed by atoms with van der Waals surface area (Å²) in [6.07, 6.45) is 0.998. The minimum atomic E-state index is -0.374. The predicted molar refractivity (Wildman–Crippen MR) is 74.1 cm³/mol. The van der Waals surface area contributed by atoms with E-state index in [0.717, 1.165) is 0 Å². The second-order valence-corrected chi connectivity index (χ2v) is 4.86. The van der Waals surface area contributed by atoms with Gasteiger partial charge in [0, 0.05) is 18.3 Å². The van der Waals surface area contributed by atoms with Gasteiger partial charge in [0.1, 0.15) is 5.69 Å². The van der Waals surface area contributed by atoms with E-state index in [-0.39, 0.29) is 36.2 Å². The van der Waals surface area contributed by atoms with Gasteiger partial charge in [-0.1, -0.05) is 5.16 Å². The van der Waals surface area contributed by atoms with Gasteiger partial charge in [-0.3, -0.25) is 9.78 Å². The second-order valence-electron chi connectivity index (χ2n) is 4.86. The molecular weight excluding hydrogens is 276 g/mol. The molecule has 0 saturated carbocycles. The molecule has 1 amide bonds. The summed E-state index contributed by atoms with van der Waals surface area (Å²) in [6, 6.07) is 2.99. The monoisotopic (exact) mass is 294 g/mol. The van der Waals surface area contributed by atoms with E-state index in [1.165, 1.54) is 12.3 Å². The van der Waals surface area contributed by atoms with Gasteiger partial charge >= 0.3 is 0 Å². The second kappa shape index (κ2) is 6.51. The van der Waals surface area contributed by atoms with E-state index >= 15 is 0 Å². The van der Waals surface area contributed by atoms with Crippen molar-refractivity contribution in [1.29, 1.82) is 0 Å². The van der Waals surface area contributed by atoms with Crippen LogP contribution in [0.1, 0.15) is 23.0 Å². The molecule has 1 saturated heterocycles. The van der Waals surface area contributed by atoms with E-state index in [1.807, 2.05) is 6.92 Å². The highest BCUT2D eigenvalue weighted by atomic mass is 16.5. The zero-order chi connectivity index (χ0) is 15.4. The molecule has 1 aromatic rings. The van der Waals surface area contributed by atoms with Crippen LogP contribution in [-0.2, 0) is 4.74 Å². The number of pyridine rings is 1. The first-order valence-corrected chi connectivity index (χ1v) is 6.54. The number of amides is 1. The number of aromatic nitrogens is 1. The van der Waals surface area contributed by atoms with Crippen LogP contribution < -0.4 is 5.73 Å². The van der Waals surface area contributed by atoms with Crippen LogP contribution in [0.3, 0.4) is 0 Å². The van der Waals surface area contributed by atoms with E-state index in [1.54, 1.807) is 11.0 Å². The van der Waals surface area contributed by atoms with Crippen molar-refractivity contribution >= 4 is 11.7 Å². The Kier molecular flexibility index (Phi) is 4.71. The number of amidine groups is 1. The largest absolute Gasteiger partial charge is 0.409 e. The summed E-state index contributed by atoms with van der Waals surface area (Å²) in [7, 11) is 0. The number of aliphatic hydroxyl groups excluding tert-OH is 1. The molecule has 8 heteroatoms. The van der Waals surface area contributed by atoms with Crippen LogP contribution in [0.5, 0.6) is 0 Å². The van der Waals surface area contributed by atoms with Gasteiger partial charge in [0.15, 0.2) is 5.84 Å². The average molecular weight is 294 g/mol. The maximum Gasteiger partial charge on any atom is 0.272 e. The lowest BCUT2D eigenvalue weighted by atomic mass is 10.1. The van der Waals surface area contributed by atoms with E-state index in [4.69, 9.17) is 20.8 Å². The van der Waals surface area contributed by atoms with Gasteiger partial charge in [-0.2, -0.15) is 0 Å². The highest BCUT2D eigenvalue weighted by molar-refractivity contribution is 5.98. The Morgan fingerprint density at radius 1 is 1.62 bits per heavy atom. The average Bonchev–Trinajstić information content (AvgIpc) is 2.54. The van der Waals surface area contributed by atoms with Crippen molar-refractivity contribution in [2.75, 3.05) is 19.8 Å². The molecule has 0 aromatic carbocycles. The fourth-order valence-corrected chi connectivity index (χ4v) is 2.09. The molecule has 8 nitrogen and oxygen atoms in total. The summed E-state index contributed by atoms with van der Waals surface area (Å²) < 4.78 is 5.40. The van der Waals surface area contributed by atoms with Crippen LogP contribution in [-0.4, -0.2) is 63.8 Å². The maximum atomic E-state index is 12.4. The summed E-state index contributed by atoms with van der Waals surface area (Å²) in [4.78, 5) is 18.1. The van der Waals surface area contributed by atoms with Crippen molar-refractivity contribution in [2.24, 2.45) is 10.9 Å². The quantitative estimate of drug-likeness (QED) is 0.296. The van der Waals surface area contributed by atoms with Crippen molar-refractivity contribution in [2.45, 2.75) is 19.1 Å². The molecule has 4 N–H and O–H groups in total. The van der Waals surface area contributed by atoms with Crippen molar-refractivity contribution in [1.82, 2.24) is 9.88 Å². The van der Waals surface area contributed by atoms with Crippen molar-refractivity contribution in [3.05, 3.63) is 29.6 Å². The Morgan fingerprint density at radius 3 is 2.95 bits per heavy atom. The molecule has 1 aliphatic heterocycles. The Balaban J connectivity index is 2.15. The van der Waals surface area contributed by atoms with Crippen molar-refractivity contribution in [3.8, 4) is 0 Å². The Bertz CT molecular complexity index is 531. The molecule has 2 rings (SSSR count). The van der Waals surface area contributed by atoms with Crippen LogP contribution in [0.2, 0.25) is 0 Å². The Labute approximate surface area is 121 Å². The normalized spacial score (nSPS) is 23.1. The number of nitrogens with zero attached hydrogens (tertiary/aromatic N) is 3. The smallest absolute Gasteiger partial charge is 0.272 e. The van der Waals surface area contributed by atoms with Crippen LogP contribution in [0.4, 0.5) is 0 Å². The molecule has 0 aliphatic carbocycles. The number of morpholine rings is 1. The van der Waals surface area contributed by atoms with E-state index < -0.39 is 0 Å². The number of carbonyl (C=O) groups excluding carboxylic acids is 1. The molecule has 1 fully saturated rings. The van der Waals surface area contributed by atoms with Gasteiger partial charge in [-0.25, -0.2) is 0 Å². The minimum Gasteiger partial charge on any atom is -0.409 e. The fourth-order valence-electron chi connectivity index (χ4n) is 2.09. The van der Waals surface area contributed by atoms with Crippen LogP contribution >= 0.6 is 0 Å². The van der Waals surface area contributed by atoms with E-state index in [0.29, 0.717) is 18.7 Å². The number of carbonyl (C=O) groups is 1. The van der Waals surface area contributed by atoms with Gasteiger partial charge in [0.2, 0.25) is 0 Å². The van der Waals surface area contributed by atoms with E-state index in [2.05, 4.69) is 10.1 Å². The van der Waals surface area contributed by atoms with Gasteiger partial charge in [-0.05, 0) is 19.1 Å². The summed E-state index contributed by atoms with van der Waals surface area (Å²) in [5.41, 5.74) is 6.13. The first kappa shape index (κ1) is 15.2. The molecule has 2 heterocycles. The van der Waals surface area contributed by atoms with Crippen LogP contribution in [0, 0.1) is 0 Å². The lowest BCUT2D eigenvalue weighted by Gasteiger charge is -2.37. The van der Waals surface area contributed by atoms with Crippen LogP contribution in [0.15, 0.2) is 23.5 Å². The Hall–Kier alpha value is -2.19. The SMILES string of the molecule is CC1COC(CO)CN1C(=O)c1ccc(/C(N)=N/O)cn1. The van der Waals surface area contributed by atoms with E-state index in [9.17, 15) is 4.79 Å². The summed E-state index contributed by atoms with van der Waals surface area (Å²) in [5.74, 6) is -0.308. The first-order valence-electron chi connectivity index (χ1n) is 6.54. The zero-order valence-corrected chi connectivity index (χ0v) is 11.6. The maximum absolute atomic E-state index is 12.4. The molecule has 1 aromatic heterocycles. The molecule has 0 bridgehead atoms. The minimum absolute atomic E-state index is 0.0680. The summed E-state index contributed by atoms with van der Waals surface area (Å²) >= 11 is 0. The number of hydrogen-bond donors (Lipinski definition) is 3. The first-order chi connectivity index (χ1) is 10.1. The summed E-state index contributed by atoms with van der Waals surface area (Å²) in [5, 5.41) is 20.6. The highest BCUT2D eigenvalue weighted by Crippen LogP contribution is 2.15. The number of aliphatic hydroxyl groups is 1. The third kappa shape index (κ3) is 3.29. The molecule has 2 unspecified atom stereocenters. The van der Waals surface area contributed by atoms with Crippen LogP contribution in [0.25, 0.3) is 0 Å². The van der Waals surface area contributed by atoms with Gasteiger partial charge < -0.3 is 25.7 Å². The molecule has 0 radical (unpaired) electrons. The Morgan fingerprint density at radius 2 is 2.38 bits per heavy atom. The third-order valence-corrected chi connectivity index (χ3v) is 3.36. The van der Waals surface area contributed by atoms with Crippen molar-refractivity contribution in [3.63, 3.8) is 0 Å². The van der Waals surface area contributed by atoms with Gasteiger partial charge in [0.05, 0.1) is 25.4 Å². The molecule has 0 spiro atoms. The fraction of sp³-hybridized carbons (Fsp3) is 0.462. The zero-order valence-electron chi connectivity index (χ0n) is 11.6. The molecule has 21 heavy (non-hydrogen) atoms. The standard InChI is InChI=1S/C13H18N4O4/c1-8-7-21-10(6-18)5-17(8)13(19)11-3-2-9(4-15-11)12(14)16-20/h2-4,8,10,18,20H,5-7H2,1H3,(H2,14,16). The number of nitrogens with two attached hydrogens (primary N) is 1. The highest BCUT2D eigenvalue weighted by Gasteiger charge is 2.30. The van der Waals surface area contributed by atoms with Crippen molar-refractivity contribution < 1.29 is 19.8 Å². The number of hydrogen-bond acceptors (Lipinski definition) is 6. The van der Waals surface area contributed by atoms with Gasteiger partial charge in [0.25, 0.3) is 5.91 Å². The topological polar surface area (TPSA) is 121 Å².